The van der Waals surface area contributed by atoms with Crippen molar-refractivity contribution in [2.75, 3.05) is 0 Å². The largest absolute Gasteiger partial charge is 0.247 e. The second-order valence-electron chi connectivity index (χ2n) is 7.03. The molecule has 0 unspecified atom stereocenters. The molecule has 0 saturated heterocycles. The van der Waals surface area contributed by atoms with E-state index in [-0.39, 0.29) is 0 Å². The molecule has 0 amide bonds. The van der Waals surface area contributed by atoms with Gasteiger partial charge in [-0.05, 0) is 30.3 Å². The number of thiophene rings is 1. The predicted molar refractivity (Wildman–Crippen MR) is 111 cm³/mol. The lowest BCUT2D eigenvalue weighted by Crippen LogP contribution is -2.00. The normalized spacial score (nSPS) is 13.0. The van der Waals surface area contributed by atoms with E-state index in [0.29, 0.717) is 0 Å². The van der Waals surface area contributed by atoms with Crippen LogP contribution in [0.15, 0.2) is 82.8 Å². The standard InChI is InChI=1S/C24H12N2S/c1-3-7-17-13(5-1)14-9-11-18-21(23(14)25-17)16-10-12-20-22(24(16)26-18)15-6-2-4-8-19(15)27-20/h1-12H. The molecule has 0 saturated carbocycles. The molecule has 27 heavy (non-hydrogen) atoms. The topological polar surface area (TPSA) is 24.7 Å². The highest BCUT2D eigenvalue weighted by Gasteiger charge is 2.23. The molecule has 0 N–H and O–H groups in total. The number of para-hydroxylation sites is 1. The lowest BCUT2D eigenvalue weighted by atomic mass is 10.00. The minimum Gasteiger partial charge on any atom is -0.247 e. The third kappa shape index (κ3) is 1.65. The fourth-order valence-corrected chi connectivity index (χ4v) is 5.54. The van der Waals surface area contributed by atoms with Crippen LogP contribution in [0, 0.1) is 10.4 Å². The van der Waals surface area contributed by atoms with Gasteiger partial charge in [0.05, 0.1) is 22.1 Å². The molecule has 0 bridgehead atoms. The molecule has 2 aliphatic heterocycles. The summed E-state index contributed by atoms with van der Waals surface area (Å²) in [6.45, 7) is 0. The Kier molecular flexibility index (Phi) is 2.41. The van der Waals surface area contributed by atoms with E-state index < -0.39 is 0 Å². The molecule has 7 rings (SSSR count). The SMILES string of the molecule is c1ccc2c(c1)=Nc1c3c(ccc1=2)=Nc1c-3ccc2sc3ccccc3c12. The van der Waals surface area contributed by atoms with E-state index >= 15 is 0 Å². The van der Waals surface area contributed by atoms with Crippen LogP contribution in [0.2, 0.25) is 0 Å². The first kappa shape index (κ1) is 13.8. The van der Waals surface area contributed by atoms with Crippen molar-refractivity contribution in [3.05, 3.63) is 93.9 Å². The summed E-state index contributed by atoms with van der Waals surface area (Å²) in [4.78, 5) is 10.0. The molecule has 2 aliphatic rings. The van der Waals surface area contributed by atoms with E-state index in [0.717, 1.165) is 22.1 Å². The summed E-state index contributed by atoms with van der Waals surface area (Å²) in [6, 6.07) is 25.8. The molecule has 2 nitrogen and oxygen atoms in total. The Balaban J connectivity index is 1.67. The Morgan fingerprint density at radius 3 is 2.44 bits per heavy atom. The Bertz CT molecular complexity index is 1680. The maximum Gasteiger partial charge on any atom is 0.0817 e. The first-order chi connectivity index (χ1) is 13.4. The Labute approximate surface area is 158 Å². The van der Waals surface area contributed by atoms with Crippen molar-refractivity contribution in [3.63, 3.8) is 0 Å². The minimum atomic E-state index is 1.03. The van der Waals surface area contributed by atoms with Gasteiger partial charge in [0.1, 0.15) is 0 Å². The van der Waals surface area contributed by atoms with Crippen LogP contribution in [0.4, 0.5) is 11.4 Å². The van der Waals surface area contributed by atoms with Gasteiger partial charge >= 0.3 is 0 Å². The van der Waals surface area contributed by atoms with Crippen molar-refractivity contribution in [2.24, 2.45) is 9.98 Å². The van der Waals surface area contributed by atoms with Crippen LogP contribution in [-0.2, 0) is 0 Å². The Morgan fingerprint density at radius 1 is 0.593 bits per heavy atom. The van der Waals surface area contributed by atoms with Crippen LogP contribution in [0.5, 0.6) is 0 Å². The summed E-state index contributed by atoms with van der Waals surface area (Å²) in [5.74, 6) is 0. The number of hydrogen-bond donors (Lipinski definition) is 0. The molecule has 3 heterocycles. The molecule has 124 valence electrons. The predicted octanol–water partition coefficient (Wildman–Crippen LogP) is 5.54. The van der Waals surface area contributed by atoms with Crippen LogP contribution in [0.25, 0.3) is 31.3 Å². The van der Waals surface area contributed by atoms with Crippen LogP contribution in [0.1, 0.15) is 0 Å². The van der Waals surface area contributed by atoms with Crippen LogP contribution in [-0.4, -0.2) is 0 Å². The maximum atomic E-state index is 5.05. The molecular weight excluding hydrogens is 348 g/mol. The lowest BCUT2D eigenvalue weighted by molar-refractivity contribution is 1.36. The third-order valence-electron chi connectivity index (χ3n) is 5.60. The molecule has 1 aromatic heterocycles. The van der Waals surface area contributed by atoms with Crippen LogP contribution in [0.3, 0.4) is 0 Å². The van der Waals surface area contributed by atoms with Crippen molar-refractivity contribution in [1.82, 2.24) is 0 Å². The second-order valence-corrected chi connectivity index (χ2v) is 8.11. The van der Waals surface area contributed by atoms with Gasteiger partial charge in [-0.1, -0.05) is 42.5 Å². The maximum absolute atomic E-state index is 5.05. The van der Waals surface area contributed by atoms with Gasteiger partial charge in [-0.15, -0.1) is 11.3 Å². The molecule has 0 spiro atoms. The first-order valence-electron chi connectivity index (χ1n) is 9.03. The molecular formula is C24H12N2S. The van der Waals surface area contributed by atoms with Crippen molar-refractivity contribution in [2.45, 2.75) is 0 Å². The van der Waals surface area contributed by atoms with Crippen LogP contribution < -0.4 is 10.7 Å². The van der Waals surface area contributed by atoms with E-state index in [2.05, 4.69) is 66.7 Å². The minimum absolute atomic E-state index is 1.03. The fraction of sp³-hybridized carbons (Fsp3) is 0. The van der Waals surface area contributed by atoms with Gasteiger partial charge in [0.25, 0.3) is 0 Å². The fourth-order valence-electron chi connectivity index (χ4n) is 4.43. The first-order valence-corrected chi connectivity index (χ1v) is 9.85. The molecule has 4 aromatic carbocycles. The Morgan fingerprint density at radius 2 is 1.44 bits per heavy atom. The zero-order valence-corrected chi connectivity index (χ0v) is 15.0. The third-order valence-corrected chi connectivity index (χ3v) is 6.74. The quantitative estimate of drug-likeness (QED) is 0.339. The van der Waals surface area contributed by atoms with E-state index in [1.165, 1.54) is 41.7 Å². The zero-order valence-electron chi connectivity index (χ0n) is 14.2. The van der Waals surface area contributed by atoms with Gasteiger partial charge in [-0.2, -0.15) is 0 Å². The van der Waals surface area contributed by atoms with E-state index in [1.54, 1.807) is 0 Å². The molecule has 0 aliphatic carbocycles. The van der Waals surface area contributed by atoms with E-state index in [1.807, 2.05) is 17.4 Å². The van der Waals surface area contributed by atoms with Gasteiger partial charge in [-0.25, -0.2) is 9.98 Å². The van der Waals surface area contributed by atoms with E-state index in [4.69, 9.17) is 9.98 Å². The van der Waals surface area contributed by atoms with Gasteiger partial charge in [-0.3, -0.25) is 0 Å². The highest BCUT2D eigenvalue weighted by molar-refractivity contribution is 7.26. The summed E-state index contributed by atoms with van der Waals surface area (Å²) in [7, 11) is 0. The monoisotopic (exact) mass is 360 g/mol. The molecule has 5 aromatic rings. The molecule has 3 heteroatoms. The van der Waals surface area contributed by atoms with Gasteiger partial charge in [0.15, 0.2) is 0 Å². The highest BCUT2D eigenvalue weighted by atomic mass is 32.1. The lowest BCUT2D eigenvalue weighted by Gasteiger charge is -2.04. The summed E-state index contributed by atoms with van der Waals surface area (Å²) in [5, 5.41) is 7.07. The highest BCUT2D eigenvalue weighted by Crippen LogP contribution is 2.47. The number of fused-ring (bicyclic) bond motifs is 10. The molecule has 0 atom stereocenters. The van der Waals surface area contributed by atoms with Gasteiger partial charge < -0.3 is 0 Å². The number of nitrogens with zero attached hydrogens (tertiary/aromatic N) is 2. The van der Waals surface area contributed by atoms with Crippen LogP contribution >= 0.6 is 11.3 Å². The van der Waals surface area contributed by atoms with Gasteiger partial charge in [0, 0.05) is 41.7 Å². The second kappa shape index (κ2) is 4.70. The molecule has 0 radical (unpaired) electrons. The van der Waals surface area contributed by atoms with E-state index in [9.17, 15) is 0 Å². The summed E-state index contributed by atoms with van der Waals surface area (Å²) in [5.41, 5.74) is 4.54. The van der Waals surface area contributed by atoms with Gasteiger partial charge in [0.2, 0.25) is 0 Å². The summed E-state index contributed by atoms with van der Waals surface area (Å²) < 4.78 is 2.61. The number of hydrogen-bond acceptors (Lipinski definition) is 3. The average molecular weight is 360 g/mol. The smallest absolute Gasteiger partial charge is 0.0817 e. The summed E-state index contributed by atoms with van der Waals surface area (Å²) >= 11 is 1.84. The van der Waals surface area contributed by atoms with Crippen molar-refractivity contribution >= 4 is 42.9 Å². The van der Waals surface area contributed by atoms with Crippen molar-refractivity contribution in [3.8, 4) is 11.1 Å². The average Bonchev–Trinajstić information content (AvgIpc) is 3.37. The summed E-state index contributed by atoms with van der Waals surface area (Å²) in [6.07, 6.45) is 0. The van der Waals surface area contributed by atoms with Crippen molar-refractivity contribution < 1.29 is 0 Å². The zero-order chi connectivity index (χ0) is 17.5. The Hall–Kier alpha value is -3.30. The van der Waals surface area contributed by atoms with Crippen molar-refractivity contribution in [1.29, 1.82) is 0 Å². The number of benzene rings is 4. The number of rotatable bonds is 0. The molecule has 0 fully saturated rings.